The normalized spacial score (nSPS) is 25.9. The average Bonchev–Trinajstić information content (AvgIpc) is 2.89. The second-order valence-electron chi connectivity index (χ2n) is 5.87. The van der Waals surface area contributed by atoms with Gasteiger partial charge in [-0.25, -0.2) is 18.4 Å². The van der Waals surface area contributed by atoms with Crippen LogP contribution in [0.3, 0.4) is 0 Å². The van der Waals surface area contributed by atoms with Crippen molar-refractivity contribution in [2.45, 2.75) is 37.6 Å². The third-order valence-corrected chi connectivity index (χ3v) is 6.28. The molecule has 0 aromatic carbocycles. The van der Waals surface area contributed by atoms with Gasteiger partial charge in [0, 0.05) is 18.2 Å². The van der Waals surface area contributed by atoms with E-state index in [9.17, 15) is 8.42 Å². The number of sulfone groups is 1. The highest BCUT2D eigenvalue weighted by Crippen LogP contribution is 2.39. The monoisotopic (exact) mass is 291 g/mol. The van der Waals surface area contributed by atoms with Crippen LogP contribution < -0.4 is 0 Å². The quantitative estimate of drug-likeness (QED) is 0.849. The Morgan fingerprint density at radius 2 is 2.10 bits per heavy atom. The molecule has 6 heteroatoms. The maximum atomic E-state index is 11.7. The fraction of sp³-hybridized carbons (Fsp3) is 0.571. The first-order valence-corrected chi connectivity index (χ1v) is 8.99. The van der Waals surface area contributed by atoms with Gasteiger partial charge in [-0.05, 0) is 37.8 Å². The van der Waals surface area contributed by atoms with E-state index in [1.165, 1.54) is 6.42 Å². The van der Waals surface area contributed by atoms with Gasteiger partial charge < -0.3 is 4.57 Å². The van der Waals surface area contributed by atoms with Crippen LogP contribution in [-0.2, 0) is 9.84 Å². The van der Waals surface area contributed by atoms with Crippen LogP contribution >= 0.6 is 0 Å². The van der Waals surface area contributed by atoms with Crippen molar-refractivity contribution >= 4 is 21.0 Å². The highest BCUT2D eigenvalue weighted by atomic mass is 32.2. The Labute approximate surface area is 118 Å². The summed E-state index contributed by atoms with van der Waals surface area (Å²) in [6, 6.07) is 4.30. The number of pyridine rings is 1. The molecule has 2 aromatic heterocycles. The lowest BCUT2D eigenvalue weighted by Gasteiger charge is -2.29. The van der Waals surface area contributed by atoms with Crippen LogP contribution in [0.5, 0.6) is 0 Å². The molecule has 0 bridgehead atoms. The van der Waals surface area contributed by atoms with Gasteiger partial charge in [0.1, 0.15) is 11.3 Å². The van der Waals surface area contributed by atoms with Crippen molar-refractivity contribution in [3.63, 3.8) is 0 Å². The maximum absolute atomic E-state index is 11.7. The first kappa shape index (κ1) is 12.3. The molecule has 1 saturated carbocycles. The smallest absolute Gasteiger partial charge is 0.160 e. The Hall–Kier alpha value is -1.43. The minimum absolute atomic E-state index is 0.0369. The van der Waals surface area contributed by atoms with Crippen LogP contribution in [0, 0.1) is 0 Å². The third-order valence-electron chi connectivity index (χ3n) is 4.51. The van der Waals surface area contributed by atoms with Crippen molar-refractivity contribution in [2.24, 2.45) is 0 Å². The maximum Gasteiger partial charge on any atom is 0.160 e. The van der Waals surface area contributed by atoms with Gasteiger partial charge in [-0.15, -0.1) is 0 Å². The van der Waals surface area contributed by atoms with Gasteiger partial charge in [0.25, 0.3) is 0 Å². The van der Waals surface area contributed by atoms with E-state index in [1.807, 2.05) is 12.1 Å². The van der Waals surface area contributed by atoms with Crippen molar-refractivity contribution in [1.82, 2.24) is 14.5 Å². The van der Waals surface area contributed by atoms with Crippen molar-refractivity contribution in [1.29, 1.82) is 0 Å². The molecule has 0 N–H and O–H groups in total. The number of nitrogens with zero attached hydrogens (tertiary/aromatic N) is 3. The van der Waals surface area contributed by atoms with Crippen LogP contribution in [0.25, 0.3) is 11.2 Å². The predicted molar refractivity (Wildman–Crippen MR) is 76.4 cm³/mol. The second kappa shape index (κ2) is 4.28. The highest BCUT2D eigenvalue weighted by molar-refractivity contribution is 7.91. The van der Waals surface area contributed by atoms with Gasteiger partial charge >= 0.3 is 0 Å². The molecule has 106 valence electrons. The molecule has 2 aromatic rings. The highest BCUT2D eigenvalue weighted by Gasteiger charge is 2.35. The van der Waals surface area contributed by atoms with Gasteiger partial charge in [0.15, 0.2) is 15.5 Å². The van der Waals surface area contributed by atoms with E-state index in [-0.39, 0.29) is 11.7 Å². The molecule has 0 radical (unpaired) electrons. The zero-order valence-corrected chi connectivity index (χ0v) is 12.0. The Kier molecular flexibility index (Phi) is 2.64. The molecule has 20 heavy (non-hydrogen) atoms. The van der Waals surface area contributed by atoms with Crippen molar-refractivity contribution in [3.05, 3.63) is 24.2 Å². The number of aromatic nitrogens is 3. The first-order chi connectivity index (χ1) is 9.64. The van der Waals surface area contributed by atoms with Gasteiger partial charge in [-0.2, -0.15) is 0 Å². The Balaban J connectivity index is 1.86. The summed E-state index contributed by atoms with van der Waals surface area (Å²) >= 11 is 0. The molecule has 1 unspecified atom stereocenters. The van der Waals surface area contributed by atoms with E-state index in [0.29, 0.717) is 18.2 Å². The fourth-order valence-electron chi connectivity index (χ4n) is 3.24. The summed E-state index contributed by atoms with van der Waals surface area (Å²) in [6.45, 7) is 0. The molecule has 1 atom stereocenters. The van der Waals surface area contributed by atoms with Gasteiger partial charge in [0.05, 0.1) is 11.5 Å². The largest absolute Gasteiger partial charge is 0.309 e. The molecule has 1 aliphatic heterocycles. The lowest BCUT2D eigenvalue weighted by atomic mass is 9.92. The van der Waals surface area contributed by atoms with Crippen LogP contribution in [0.2, 0.25) is 0 Å². The summed E-state index contributed by atoms with van der Waals surface area (Å²) in [5.74, 6) is 1.50. The molecule has 2 aliphatic rings. The van der Waals surface area contributed by atoms with Gasteiger partial charge in [-0.1, -0.05) is 0 Å². The van der Waals surface area contributed by atoms with Gasteiger partial charge in [0.2, 0.25) is 0 Å². The molecule has 4 rings (SSSR count). The van der Waals surface area contributed by atoms with E-state index in [2.05, 4.69) is 9.55 Å². The van der Waals surface area contributed by atoms with Crippen LogP contribution in [0.1, 0.15) is 43.5 Å². The van der Waals surface area contributed by atoms with Crippen LogP contribution in [-0.4, -0.2) is 34.5 Å². The van der Waals surface area contributed by atoms with Crippen LogP contribution in [0.15, 0.2) is 18.3 Å². The number of rotatable bonds is 2. The number of imidazole rings is 1. The molecule has 1 saturated heterocycles. The SMILES string of the molecule is O=S1(=O)CCC(c2nc3cccnc3n2C2CCC2)C1. The topological polar surface area (TPSA) is 64.8 Å². The minimum atomic E-state index is -2.89. The fourth-order valence-corrected chi connectivity index (χ4v) is 4.98. The second-order valence-corrected chi connectivity index (χ2v) is 8.10. The Morgan fingerprint density at radius 3 is 2.75 bits per heavy atom. The number of hydrogen-bond donors (Lipinski definition) is 0. The van der Waals surface area contributed by atoms with E-state index < -0.39 is 9.84 Å². The molecular formula is C14H17N3O2S. The summed E-state index contributed by atoms with van der Waals surface area (Å²) in [5.41, 5.74) is 1.80. The summed E-state index contributed by atoms with van der Waals surface area (Å²) in [6.07, 6.45) is 6.01. The lowest BCUT2D eigenvalue weighted by molar-refractivity contribution is 0.308. The molecule has 0 spiro atoms. The predicted octanol–water partition coefficient (Wildman–Crippen LogP) is 2.06. The number of hydrogen-bond acceptors (Lipinski definition) is 4. The summed E-state index contributed by atoms with van der Waals surface area (Å²) in [4.78, 5) is 9.16. The summed E-state index contributed by atoms with van der Waals surface area (Å²) in [5, 5.41) is 0. The van der Waals surface area contributed by atoms with E-state index in [0.717, 1.165) is 29.8 Å². The van der Waals surface area contributed by atoms with Crippen LogP contribution in [0.4, 0.5) is 0 Å². The molecule has 0 amide bonds. The third kappa shape index (κ3) is 1.85. The minimum Gasteiger partial charge on any atom is -0.309 e. The molecular weight excluding hydrogens is 274 g/mol. The average molecular weight is 291 g/mol. The Bertz CT molecular complexity index is 762. The molecule has 1 aliphatic carbocycles. The lowest BCUT2D eigenvalue weighted by Crippen LogP contribution is -2.21. The zero-order valence-electron chi connectivity index (χ0n) is 11.2. The zero-order chi connectivity index (χ0) is 13.7. The van der Waals surface area contributed by atoms with E-state index >= 15 is 0 Å². The van der Waals surface area contributed by atoms with Crippen molar-refractivity contribution in [3.8, 4) is 0 Å². The molecule has 5 nitrogen and oxygen atoms in total. The number of fused-ring (bicyclic) bond motifs is 1. The first-order valence-electron chi connectivity index (χ1n) is 7.17. The Morgan fingerprint density at radius 1 is 1.25 bits per heavy atom. The van der Waals surface area contributed by atoms with E-state index in [1.54, 1.807) is 6.20 Å². The standard InChI is InChI=1S/C14H17N3O2S/c18-20(19)8-6-10(9-20)13-16-12-5-2-7-15-14(12)17(13)11-3-1-4-11/h2,5,7,10-11H,1,3-4,6,8-9H2. The van der Waals surface area contributed by atoms with E-state index in [4.69, 9.17) is 4.98 Å². The van der Waals surface area contributed by atoms with Gasteiger partial charge in [-0.3, -0.25) is 0 Å². The van der Waals surface area contributed by atoms with Crippen molar-refractivity contribution < 1.29 is 8.42 Å². The summed E-state index contributed by atoms with van der Waals surface area (Å²) < 4.78 is 25.7. The summed E-state index contributed by atoms with van der Waals surface area (Å²) in [7, 11) is -2.89. The molecule has 3 heterocycles. The van der Waals surface area contributed by atoms with Crippen molar-refractivity contribution in [2.75, 3.05) is 11.5 Å². The molecule has 2 fully saturated rings.